The monoisotopic (exact) mass is 273 g/mol. The first-order chi connectivity index (χ1) is 8.76. The number of imide groups is 1. The number of carboxylic acid groups (broad SMARTS) is 1. The highest BCUT2D eigenvalue weighted by atomic mass is 16.4. The number of hydrogen-bond donors (Lipinski definition) is 4. The van der Waals surface area contributed by atoms with Crippen LogP contribution in [0, 0.1) is 5.41 Å². The largest absolute Gasteiger partial charge is 0.481 e. The minimum Gasteiger partial charge on any atom is -0.481 e. The van der Waals surface area contributed by atoms with Gasteiger partial charge in [-0.15, -0.1) is 0 Å². The molecule has 0 saturated carbocycles. The van der Waals surface area contributed by atoms with Crippen molar-refractivity contribution < 1.29 is 19.5 Å². The summed E-state index contributed by atoms with van der Waals surface area (Å²) in [7, 11) is 1.43. The summed E-state index contributed by atoms with van der Waals surface area (Å²) in [4.78, 5) is 32.6. The second-order valence-electron chi connectivity index (χ2n) is 5.11. The van der Waals surface area contributed by atoms with Crippen molar-refractivity contribution in [1.29, 1.82) is 0 Å². The Labute approximate surface area is 113 Å². The van der Waals surface area contributed by atoms with E-state index in [1.807, 2.05) is 13.8 Å². The second kappa shape index (κ2) is 8.47. The molecule has 0 spiro atoms. The van der Waals surface area contributed by atoms with Crippen molar-refractivity contribution in [2.75, 3.05) is 20.1 Å². The summed E-state index contributed by atoms with van der Waals surface area (Å²) in [6.07, 6.45) is 1.49. The van der Waals surface area contributed by atoms with Gasteiger partial charge in [-0.2, -0.15) is 0 Å². The SMILES string of the molecule is CNC(=O)NC(=O)CNCCC(C)(C)CCC(=O)O. The van der Waals surface area contributed by atoms with Crippen LogP contribution in [-0.4, -0.2) is 43.2 Å². The number of urea groups is 1. The third-order valence-electron chi connectivity index (χ3n) is 2.76. The fraction of sp³-hybridized carbons (Fsp3) is 0.750. The molecule has 110 valence electrons. The van der Waals surface area contributed by atoms with Crippen molar-refractivity contribution in [3.63, 3.8) is 0 Å². The molecule has 0 bridgehead atoms. The Morgan fingerprint density at radius 2 is 1.79 bits per heavy atom. The highest BCUT2D eigenvalue weighted by Crippen LogP contribution is 2.25. The first kappa shape index (κ1) is 17.4. The molecule has 0 heterocycles. The van der Waals surface area contributed by atoms with Gasteiger partial charge in [0.25, 0.3) is 0 Å². The van der Waals surface area contributed by atoms with E-state index in [0.29, 0.717) is 13.0 Å². The zero-order valence-electron chi connectivity index (χ0n) is 11.7. The molecule has 4 N–H and O–H groups in total. The summed E-state index contributed by atoms with van der Waals surface area (Å²) < 4.78 is 0. The van der Waals surface area contributed by atoms with E-state index < -0.39 is 17.9 Å². The van der Waals surface area contributed by atoms with Crippen molar-refractivity contribution in [2.45, 2.75) is 33.1 Å². The van der Waals surface area contributed by atoms with Crippen LogP contribution in [0.2, 0.25) is 0 Å². The van der Waals surface area contributed by atoms with E-state index in [-0.39, 0.29) is 18.4 Å². The maximum absolute atomic E-state index is 11.2. The van der Waals surface area contributed by atoms with Crippen LogP contribution in [0.4, 0.5) is 4.79 Å². The fourth-order valence-corrected chi connectivity index (χ4v) is 1.43. The van der Waals surface area contributed by atoms with Crippen LogP contribution in [0.3, 0.4) is 0 Å². The van der Waals surface area contributed by atoms with Gasteiger partial charge in [0, 0.05) is 13.5 Å². The van der Waals surface area contributed by atoms with Crippen molar-refractivity contribution in [1.82, 2.24) is 16.0 Å². The van der Waals surface area contributed by atoms with Gasteiger partial charge in [-0.25, -0.2) is 4.79 Å². The first-order valence-corrected chi connectivity index (χ1v) is 6.21. The van der Waals surface area contributed by atoms with E-state index in [1.165, 1.54) is 7.05 Å². The van der Waals surface area contributed by atoms with Gasteiger partial charge >= 0.3 is 12.0 Å². The number of hydrogen-bond acceptors (Lipinski definition) is 4. The molecule has 0 aromatic carbocycles. The molecule has 3 amide bonds. The van der Waals surface area contributed by atoms with Crippen molar-refractivity contribution >= 4 is 17.9 Å². The third-order valence-corrected chi connectivity index (χ3v) is 2.76. The van der Waals surface area contributed by atoms with Gasteiger partial charge in [-0.1, -0.05) is 13.8 Å². The summed E-state index contributed by atoms with van der Waals surface area (Å²) in [5.41, 5.74) is -0.0946. The quantitative estimate of drug-likeness (QED) is 0.476. The van der Waals surface area contributed by atoms with E-state index in [0.717, 1.165) is 6.42 Å². The lowest BCUT2D eigenvalue weighted by Crippen LogP contribution is -2.42. The number of carbonyl (C=O) groups is 3. The number of nitrogens with one attached hydrogen (secondary N) is 3. The standard InChI is InChI=1S/C12H23N3O4/c1-12(2,5-4-10(17)18)6-7-14-8-9(16)15-11(19)13-3/h14H,4-8H2,1-3H3,(H,17,18)(H2,13,15,16,19). The number of carboxylic acids is 1. The minimum atomic E-state index is -0.800. The fourth-order valence-electron chi connectivity index (χ4n) is 1.43. The molecule has 0 aliphatic heterocycles. The van der Waals surface area contributed by atoms with Crippen LogP contribution in [0.25, 0.3) is 0 Å². The van der Waals surface area contributed by atoms with Crippen LogP contribution in [0.15, 0.2) is 0 Å². The molecule has 7 heteroatoms. The van der Waals surface area contributed by atoms with Crippen LogP contribution in [-0.2, 0) is 9.59 Å². The highest BCUT2D eigenvalue weighted by Gasteiger charge is 2.18. The summed E-state index contributed by atoms with van der Waals surface area (Å²) in [5.74, 6) is -1.20. The smallest absolute Gasteiger partial charge is 0.321 e. The van der Waals surface area contributed by atoms with E-state index in [1.54, 1.807) is 0 Å². The molecule has 0 fully saturated rings. The second-order valence-corrected chi connectivity index (χ2v) is 5.11. The molecule has 0 aliphatic rings. The molecule has 7 nitrogen and oxygen atoms in total. The molecular weight excluding hydrogens is 250 g/mol. The zero-order valence-corrected chi connectivity index (χ0v) is 11.7. The molecule has 0 aromatic heterocycles. The summed E-state index contributed by atoms with van der Waals surface area (Å²) >= 11 is 0. The zero-order chi connectivity index (χ0) is 14.9. The lowest BCUT2D eigenvalue weighted by Gasteiger charge is -2.23. The molecular formula is C12H23N3O4. The molecule has 0 atom stereocenters. The number of amides is 3. The molecule has 0 aliphatic carbocycles. The lowest BCUT2D eigenvalue weighted by molar-refractivity contribution is -0.137. The predicted molar refractivity (Wildman–Crippen MR) is 70.7 cm³/mol. The Kier molecular flexibility index (Phi) is 7.74. The van der Waals surface area contributed by atoms with Crippen molar-refractivity contribution in [2.24, 2.45) is 5.41 Å². The topological polar surface area (TPSA) is 108 Å². The summed E-state index contributed by atoms with van der Waals surface area (Å²) in [5, 5.41) is 16.0. The van der Waals surface area contributed by atoms with Gasteiger partial charge in [0.1, 0.15) is 0 Å². The minimum absolute atomic E-state index is 0.0580. The number of aliphatic carboxylic acids is 1. The van der Waals surface area contributed by atoms with Gasteiger partial charge < -0.3 is 15.7 Å². The van der Waals surface area contributed by atoms with Crippen molar-refractivity contribution in [3.05, 3.63) is 0 Å². The van der Waals surface area contributed by atoms with E-state index in [2.05, 4.69) is 16.0 Å². The average molecular weight is 273 g/mol. The molecule has 0 rings (SSSR count). The third kappa shape index (κ3) is 10.0. The number of rotatable bonds is 8. The molecule has 19 heavy (non-hydrogen) atoms. The van der Waals surface area contributed by atoms with Gasteiger partial charge in [-0.3, -0.25) is 14.9 Å². The Balaban J connectivity index is 3.75. The van der Waals surface area contributed by atoms with Gasteiger partial charge in [-0.05, 0) is 24.8 Å². The van der Waals surface area contributed by atoms with Crippen LogP contribution < -0.4 is 16.0 Å². The maximum atomic E-state index is 11.2. The van der Waals surface area contributed by atoms with E-state index in [9.17, 15) is 14.4 Å². The Bertz CT molecular complexity index is 329. The van der Waals surface area contributed by atoms with Gasteiger partial charge in [0.2, 0.25) is 5.91 Å². The molecule has 0 saturated heterocycles. The average Bonchev–Trinajstić information content (AvgIpc) is 2.32. The van der Waals surface area contributed by atoms with E-state index in [4.69, 9.17) is 5.11 Å². The first-order valence-electron chi connectivity index (χ1n) is 6.21. The van der Waals surface area contributed by atoms with E-state index >= 15 is 0 Å². The molecule has 0 aromatic rings. The summed E-state index contributed by atoms with van der Waals surface area (Å²) in [6, 6.07) is -0.534. The molecule has 0 radical (unpaired) electrons. The van der Waals surface area contributed by atoms with Crippen LogP contribution in [0.5, 0.6) is 0 Å². The van der Waals surface area contributed by atoms with Crippen LogP contribution >= 0.6 is 0 Å². The lowest BCUT2D eigenvalue weighted by atomic mass is 9.84. The van der Waals surface area contributed by atoms with Crippen LogP contribution in [0.1, 0.15) is 33.1 Å². The molecule has 0 unspecified atom stereocenters. The number of carbonyl (C=O) groups excluding carboxylic acids is 2. The Morgan fingerprint density at radius 1 is 1.16 bits per heavy atom. The predicted octanol–water partition coefficient (Wildman–Crippen LogP) is 0.313. The normalized spacial score (nSPS) is 10.9. The summed E-state index contributed by atoms with van der Waals surface area (Å²) in [6.45, 7) is 4.63. The van der Waals surface area contributed by atoms with Gasteiger partial charge in [0.15, 0.2) is 0 Å². The Hall–Kier alpha value is -1.63. The highest BCUT2D eigenvalue weighted by molar-refractivity contribution is 5.95. The Morgan fingerprint density at radius 3 is 2.32 bits per heavy atom. The van der Waals surface area contributed by atoms with Crippen molar-refractivity contribution in [3.8, 4) is 0 Å². The maximum Gasteiger partial charge on any atom is 0.321 e. The van der Waals surface area contributed by atoms with Gasteiger partial charge in [0.05, 0.1) is 6.54 Å².